The first-order chi connectivity index (χ1) is 7.81. The van der Waals surface area contributed by atoms with E-state index in [0.29, 0.717) is 6.61 Å². The summed E-state index contributed by atoms with van der Waals surface area (Å²) in [5.41, 5.74) is 8.31. The van der Waals surface area contributed by atoms with E-state index in [1.54, 1.807) is 0 Å². The lowest BCUT2D eigenvalue weighted by atomic mass is 9.89. The first-order valence-corrected chi connectivity index (χ1v) is 5.87. The molecule has 0 fully saturated rings. The van der Waals surface area contributed by atoms with Crippen LogP contribution in [0.15, 0.2) is 24.3 Å². The minimum atomic E-state index is -0.269. The molecule has 2 atom stereocenters. The summed E-state index contributed by atoms with van der Waals surface area (Å²) in [6.45, 7) is 0.407. The molecule has 1 aliphatic carbocycles. The molecule has 2 unspecified atom stereocenters. The van der Waals surface area contributed by atoms with Gasteiger partial charge in [-0.3, -0.25) is 0 Å². The van der Waals surface area contributed by atoms with E-state index in [9.17, 15) is 0 Å². The zero-order chi connectivity index (χ0) is 11.4. The Morgan fingerprint density at radius 3 is 3.06 bits per heavy atom. The van der Waals surface area contributed by atoms with Gasteiger partial charge in [-0.25, -0.2) is 0 Å². The van der Waals surface area contributed by atoms with Gasteiger partial charge in [0.25, 0.3) is 0 Å². The van der Waals surface area contributed by atoms with E-state index >= 15 is 0 Å². The van der Waals surface area contributed by atoms with Crippen LogP contribution in [-0.2, 0) is 11.2 Å². The van der Waals surface area contributed by atoms with Gasteiger partial charge in [-0.15, -0.1) is 0 Å². The zero-order valence-corrected chi connectivity index (χ0v) is 9.43. The average Bonchev–Trinajstić information content (AvgIpc) is 2.35. The van der Waals surface area contributed by atoms with Crippen molar-refractivity contribution in [1.82, 2.24) is 0 Å². The smallest absolute Gasteiger partial charge is 0.0828 e. The molecular formula is C13H19NO2. The van der Waals surface area contributed by atoms with Crippen LogP contribution in [0.4, 0.5) is 0 Å². The fraction of sp³-hybridized carbons (Fsp3) is 0.538. The lowest BCUT2D eigenvalue weighted by molar-refractivity contribution is 0.0236. The molecular weight excluding hydrogens is 202 g/mol. The highest BCUT2D eigenvalue weighted by Crippen LogP contribution is 2.32. The van der Waals surface area contributed by atoms with E-state index in [0.717, 1.165) is 19.3 Å². The Labute approximate surface area is 96.2 Å². The second kappa shape index (κ2) is 5.43. The Morgan fingerprint density at radius 2 is 2.25 bits per heavy atom. The molecule has 0 spiro atoms. The van der Waals surface area contributed by atoms with Gasteiger partial charge in [-0.2, -0.15) is 0 Å². The minimum absolute atomic E-state index is 0.0195. The number of nitrogens with two attached hydrogens (primary N) is 1. The highest BCUT2D eigenvalue weighted by molar-refractivity contribution is 5.31. The zero-order valence-electron chi connectivity index (χ0n) is 9.43. The molecule has 3 heteroatoms. The molecule has 2 rings (SSSR count). The van der Waals surface area contributed by atoms with Crippen molar-refractivity contribution in [2.75, 3.05) is 13.2 Å². The standard InChI is InChI=1S/C13H19NO2/c14-11(8-15)9-16-13-7-3-5-10-4-1-2-6-12(10)13/h1-2,4,6,11,13,15H,3,5,7-9,14H2. The van der Waals surface area contributed by atoms with Crippen molar-refractivity contribution in [3.05, 3.63) is 35.4 Å². The highest BCUT2D eigenvalue weighted by Gasteiger charge is 2.20. The predicted molar refractivity (Wildman–Crippen MR) is 63.1 cm³/mol. The van der Waals surface area contributed by atoms with Gasteiger partial charge in [0.15, 0.2) is 0 Å². The second-order valence-electron chi connectivity index (χ2n) is 4.36. The number of aryl methyl sites for hydroxylation is 1. The molecule has 0 saturated heterocycles. The van der Waals surface area contributed by atoms with Crippen LogP contribution in [-0.4, -0.2) is 24.4 Å². The molecule has 0 aliphatic heterocycles. The van der Waals surface area contributed by atoms with Gasteiger partial charge in [0.2, 0.25) is 0 Å². The third-order valence-electron chi connectivity index (χ3n) is 3.06. The van der Waals surface area contributed by atoms with Crippen molar-refractivity contribution in [1.29, 1.82) is 0 Å². The molecule has 0 heterocycles. The fourth-order valence-electron chi connectivity index (χ4n) is 2.17. The van der Waals surface area contributed by atoms with Crippen LogP contribution >= 0.6 is 0 Å². The van der Waals surface area contributed by atoms with Crippen LogP contribution in [0, 0.1) is 0 Å². The van der Waals surface area contributed by atoms with Crippen molar-refractivity contribution in [2.45, 2.75) is 31.4 Å². The Kier molecular flexibility index (Phi) is 3.93. The Bertz CT molecular complexity index is 340. The molecule has 1 aromatic rings. The molecule has 0 bridgehead atoms. The molecule has 0 saturated carbocycles. The van der Waals surface area contributed by atoms with Crippen LogP contribution in [0.1, 0.15) is 30.1 Å². The van der Waals surface area contributed by atoms with Crippen LogP contribution in [0.3, 0.4) is 0 Å². The highest BCUT2D eigenvalue weighted by atomic mass is 16.5. The van der Waals surface area contributed by atoms with E-state index in [2.05, 4.69) is 18.2 Å². The van der Waals surface area contributed by atoms with Crippen molar-refractivity contribution >= 4 is 0 Å². The molecule has 0 radical (unpaired) electrons. The number of hydrogen-bond acceptors (Lipinski definition) is 3. The molecule has 88 valence electrons. The third-order valence-corrected chi connectivity index (χ3v) is 3.06. The maximum absolute atomic E-state index is 8.85. The van der Waals surface area contributed by atoms with Crippen LogP contribution in [0.2, 0.25) is 0 Å². The number of aliphatic hydroxyl groups excluding tert-OH is 1. The summed E-state index contributed by atoms with van der Waals surface area (Å²) in [6.07, 6.45) is 3.51. The van der Waals surface area contributed by atoms with Gasteiger partial charge < -0.3 is 15.6 Å². The van der Waals surface area contributed by atoms with Crippen molar-refractivity contribution in [3.8, 4) is 0 Å². The molecule has 0 amide bonds. The molecule has 0 aromatic heterocycles. The summed E-state index contributed by atoms with van der Waals surface area (Å²) >= 11 is 0. The topological polar surface area (TPSA) is 55.5 Å². The lowest BCUT2D eigenvalue weighted by Gasteiger charge is -2.26. The monoisotopic (exact) mass is 221 g/mol. The number of hydrogen-bond donors (Lipinski definition) is 2. The van der Waals surface area contributed by atoms with Gasteiger partial charge in [0.05, 0.1) is 25.4 Å². The molecule has 3 nitrogen and oxygen atoms in total. The molecule has 16 heavy (non-hydrogen) atoms. The quantitative estimate of drug-likeness (QED) is 0.808. The Hall–Kier alpha value is -0.900. The van der Waals surface area contributed by atoms with Crippen LogP contribution < -0.4 is 5.73 Å². The van der Waals surface area contributed by atoms with E-state index in [4.69, 9.17) is 15.6 Å². The summed E-state index contributed by atoms with van der Waals surface area (Å²) in [5.74, 6) is 0. The van der Waals surface area contributed by atoms with Crippen molar-refractivity contribution in [2.24, 2.45) is 5.73 Å². The van der Waals surface area contributed by atoms with Gasteiger partial charge >= 0.3 is 0 Å². The summed E-state index contributed by atoms with van der Waals surface area (Å²) in [5, 5.41) is 8.85. The third kappa shape index (κ3) is 2.61. The lowest BCUT2D eigenvalue weighted by Crippen LogP contribution is -2.31. The predicted octanol–water partition coefficient (Wildman–Crippen LogP) is 1.40. The SMILES string of the molecule is NC(CO)COC1CCCc2ccccc21. The Balaban J connectivity index is 2.01. The van der Waals surface area contributed by atoms with Crippen molar-refractivity contribution < 1.29 is 9.84 Å². The number of aliphatic hydroxyl groups is 1. The van der Waals surface area contributed by atoms with E-state index in [1.165, 1.54) is 11.1 Å². The summed E-state index contributed by atoms with van der Waals surface area (Å²) in [4.78, 5) is 0. The molecule has 1 aromatic carbocycles. The number of benzene rings is 1. The van der Waals surface area contributed by atoms with Gasteiger partial charge in [-0.05, 0) is 30.4 Å². The van der Waals surface area contributed by atoms with Gasteiger partial charge in [-0.1, -0.05) is 24.3 Å². The minimum Gasteiger partial charge on any atom is -0.395 e. The van der Waals surface area contributed by atoms with Gasteiger partial charge in [0.1, 0.15) is 0 Å². The normalized spacial score (nSPS) is 21.5. The second-order valence-corrected chi connectivity index (χ2v) is 4.36. The maximum Gasteiger partial charge on any atom is 0.0828 e. The number of rotatable bonds is 4. The maximum atomic E-state index is 8.85. The van der Waals surface area contributed by atoms with Crippen LogP contribution in [0.5, 0.6) is 0 Å². The van der Waals surface area contributed by atoms with E-state index < -0.39 is 0 Å². The summed E-state index contributed by atoms with van der Waals surface area (Å²) in [7, 11) is 0. The van der Waals surface area contributed by atoms with E-state index in [-0.39, 0.29) is 18.8 Å². The number of ether oxygens (including phenoxy) is 1. The average molecular weight is 221 g/mol. The molecule has 3 N–H and O–H groups in total. The van der Waals surface area contributed by atoms with E-state index in [1.807, 2.05) is 6.07 Å². The summed E-state index contributed by atoms with van der Waals surface area (Å²) < 4.78 is 5.78. The fourth-order valence-corrected chi connectivity index (χ4v) is 2.17. The number of fused-ring (bicyclic) bond motifs is 1. The van der Waals surface area contributed by atoms with Gasteiger partial charge in [0, 0.05) is 0 Å². The first kappa shape index (κ1) is 11.6. The molecule has 1 aliphatic rings. The first-order valence-electron chi connectivity index (χ1n) is 5.87. The largest absolute Gasteiger partial charge is 0.395 e. The van der Waals surface area contributed by atoms with Crippen LogP contribution in [0.25, 0.3) is 0 Å². The van der Waals surface area contributed by atoms with Crippen molar-refractivity contribution in [3.63, 3.8) is 0 Å². The Morgan fingerprint density at radius 1 is 1.44 bits per heavy atom. The summed E-state index contributed by atoms with van der Waals surface area (Å²) in [6, 6.07) is 8.14.